The quantitative estimate of drug-likeness (QED) is 0.836. The van der Waals surface area contributed by atoms with Gasteiger partial charge in [-0.25, -0.2) is 0 Å². The van der Waals surface area contributed by atoms with Crippen LogP contribution in [0.3, 0.4) is 0 Å². The molecule has 6 nitrogen and oxygen atoms in total. The molecule has 25 heavy (non-hydrogen) atoms. The van der Waals surface area contributed by atoms with Crippen molar-refractivity contribution in [1.82, 2.24) is 19.9 Å². The standard InChI is InChI=1S/C19H26N4O2/c1-4-22(3)17(15-9-6-5-7-10-15)19(24)23-12-8-11-16(13-23)18-20-14(2)25-21-18/h5-7,9-10,16-17H,4,8,11-13H2,1-3H3/t16-,17-/m1/s1. The lowest BCUT2D eigenvalue weighted by atomic mass is 9.95. The molecule has 0 unspecified atom stereocenters. The number of hydrogen-bond donors (Lipinski definition) is 0. The van der Waals surface area contributed by atoms with Crippen LogP contribution < -0.4 is 0 Å². The molecule has 0 N–H and O–H groups in total. The smallest absolute Gasteiger partial charge is 0.244 e. The molecule has 1 amide bonds. The Kier molecular flexibility index (Phi) is 5.48. The predicted molar refractivity (Wildman–Crippen MR) is 95.1 cm³/mol. The topological polar surface area (TPSA) is 62.5 Å². The van der Waals surface area contributed by atoms with E-state index in [0.717, 1.165) is 37.3 Å². The summed E-state index contributed by atoms with van der Waals surface area (Å²) in [5, 5.41) is 4.05. The largest absolute Gasteiger partial charge is 0.340 e. The van der Waals surface area contributed by atoms with Crippen LogP contribution in [0.1, 0.15) is 49.0 Å². The first kappa shape index (κ1) is 17.6. The number of carbonyl (C=O) groups excluding carboxylic acids is 1. The minimum atomic E-state index is -0.253. The van der Waals surface area contributed by atoms with Crippen molar-refractivity contribution in [2.75, 3.05) is 26.7 Å². The summed E-state index contributed by atoms with van der Waals surface area (Å²) in [5.41, 5.74) is 1.04. The highest BCUT2D eigenvalue weighted by Gasteiger charge is 2.33. The molecule has 1 aromatic carbocycles. The second-order valence-electron chi connectivity index (χ2n) is 6.68. The van der Waals surface area contributed by atoms with Crippen molar-refractivity contribution in [2.24, 2.45) is 0 Å². The lowest BCUT2D eigenvalue weighted by Gasteiger charge is -2.36. The number of nitrogens with zero attached hydrogens (tertiary/aromatic N) is 4. The number of likely N-dealkylation sites (tertiary alicyclic amines) is 1. The predicted octanol–water partition coefficient (Wildman–Crippen LogP) is 2.78. The number of hydrogen-bond acceptors (Lipinski definition) is 5. The Morgan fingerprint density at radius 2 is 2.16 bits per heavy atom. The molecule has 1 saturated heterocycles. The van der Waals surface area contributed by atoms with Gasteiger partial charge in [-0.2, -0.15) is 4.98 Å². The number of piperidine rings is 1. The zero-order valence-electron chi connectivity index (χ0n) is 15.2. The Morgan fingerprint density at radius 1 is 1.40 bits per heavy atom. The monoisotopic (exact) mass is 342 g/mol. The highest BCUT2D eigenvalue weighted by molar-refractivity contribution is 5.83. The maximum absolute atomic E-state index is 13.3. The molecule has 2 aromatic rings. The fourth-order valence-corrected chi connectivity index (χ4v) is 3.45. The summed E-state index contributed by atoms with van der Waals surface area (Å²) in [4.78, 5) is 21.7. The van der Waals surface area contributed by atoms with Crippen LogP contribution in [-0.4, -0.2) is 52.5 Å². The van der Waals surface area contributed by atoms with Crippen molar-refractivity contribution in [3.05, 3.63) is 47.6 Å². The van der Waals surface area contributed by atoms with Gasteiger partial charge in [0, 0.05) is 25.9 Å². The number of carbonyl (C=O) groups is 1. The summed E-state index contributed by atoms with van der Waals surface area (Å²) in [6.07, 6.45) is 1.95. The number of benzene rings is 1. The number of amides is 1. The van der Waals surface area contributed by atoms with E-state index in [4.69, 9.17) is 4.52 Å². The molecule has 1 aliphatic rings. The van der Waals surface area contributed by atoms with E-state index >= 15 is 0 Å². The molecule has 1 aromatic heterocycles. The normalized spacial score (nSPS) is 19.2. The number of likely N-dealkylation sites (N-methyl/N-ethyl adjacent to an activating group) is 1. The molecule has 2 heterocycles. The summed E-state index contributed by atoms with van der Waals surface area (Å²) in [5.74, 6) is 1.60. The van der Waals surface area contributed by atoms with Crippen LogP contribution in [0, 0.1) is 6.92 Å². The van der Waals surface area contributed by atoms with Gasteiger partial charge in [0.05, 0.1) is 0 Å². The van der Waals surface area contributed by atoms with Gasteiger partial charge in [0.1, 0.15) is 6.04 Å². The van der Waals surface area contributed by atoms with Gasteiger partial charge in [-0.1, -0.05) is 42.4 Å². The Bertz CT molecular complexity index is 700. The molecule has 0 saturated carbocycles. The van der Waals surface area contributed by atoms with E-state index in [-0.39, 0.29) is 17.9 Å². The van der Waals surface area contributed by atoms with Crippen LogP contribution in [0.15, 0.2) is 34.9 Å². The third-order valence-electron chi connectivity index (χ3n) is 4.93. The van der Waals surface area contributed by atoms with E-state index in [1.807, 2.05) is 42.3 Å². The van der Waals surface area contributed by atoms with Gasteiger partial charge in [-0.05, 0) is 32.0 Å². The van der Waals surface area contributed by atoms with Gasteiger partial charge in [-0.3, -0.25) is 9.69 Å². The molecule has 1 aliphatic heterocycles. The molecule has 3 rings (SSSR count). The first-order valence-corrected chi connectivity index (χ1v) is 8.94. The first-order valence-electron chi connectivity index (χ1n) is 8.94. The minimum absolute atomic E-state index is 0.151. The average Bonchev–Trinajstić information content (AvgIpc) is 3.09. The van der Waals surface area contributed by atoms with Gasteiger partial charge >= 0.3 is 0 Å². The third kappa shape index (κ3) is 3.90. The summed E-state index contributed by atoms with van der Waals surface area (Å²) in [6, 6.07) is 9.75. The molecule has 6 heteroatoms. The Balaban J connectivity index is 1.79. The number of aryl methyl sites for hydroxylation is 1. The van der Waals surface area contributed by atoms with E-state index in [9.17, 15) is 4.79 Å². The lowest BCUT2D eigenvalue weighted by molar-refractivity contribution is -0.138. The van der Waals surface area contributed by atoms with Crippen LogP contribution in [0.4, 0.5) is 0 Å². The van der Waals surface area contributed by atoms with Gasteiger partial charge in [-0.15, -0.1) is 0 Å². The summed E-state index contributed by atoms with van der Waals surface area (Å²) < 4.78 is 5.11. The van der Waals surface area contributed by atoms with Crippen LogP contribution >= 0.6 is 0 Å². The summed E-state index contributed by atoms with van der Waals surface area (Å²) in [6.45, 7) is 6.12. The molecule has 0 radical (unpaired) electrons. The van der Waals surface area contributed by atoms with Crippen molar-refractivity contribution in [2.45, 2.75) is 38.6 Å². The van der Waals surface area contributed by atoms with Crippen LogP contribution in [0.25, 0.3) is 0 Å². The van der Waals surface area contributed by atoms with Crippen molar-refractivity contribution in [3.63, 3.8) is 0 Å². The number of aromatic nitrogens is 2. The molecule has 0 aliphatic carbocycles. The molecule has 134 valence electrons. The van der Waals surface area contributed by atoms with Crippen molar-refractivity contribution >= 4 is 5.91 Å². The van der Waals surface area contributed by atoms with Crippen molar-refractivity contribution < 1.29 is 9.32 Å². The van der Waals surface area contributed by atoms with Gasteiger partial charge in [0.15, 0.2) is 5.82 Å². The van der Waals surface area contributed by atoms with Crippen LogP contribution in [0.2, 0.25) is 0 Å². The molecular formula is C19H26N4O2. The SMILES string of the molecule is CCN(C)[C@@H](C(=O)N1CCC[C@@H](c2noc(C)n2)C1)c1ccccc1. The molecule has 0 bridgehead atoms. The average molecular weight is 342 g/mol. The zero-order valence-corrected chi connectivity index (χ0v) is 15.2. The molecule has 2 atom stereocenters. The van der Waals surface area contributed by atoms with Gasteiger partial charge < -0.3 is 9.42 Å². The van der Waals surface area contributed by atoms with Crippen LogP contribution in [0.5, 0.6) is 0 Å². The summed E-state index contributed by atoms with van der Waals surface area (Å²) >= 11 is 0. The highest BCUT2D eigenvalue weighted by Crippen LogP contribution is 2.29. The molecule has 0 spiro atoms. The second-order valence-corrected chi connectivity index (χ2v) is 6.68. The molecular weight excluding hydrogens is 316 g/mol. The summed E-state index contributed by atoms with van der Waals surface area (Å²) in [7, 11) is 2.00. The zero-order chi connectivity index (χ0) is 17.8. The van der Waals surface area contributed by atoms with Crippen molar-refractivity contribution in [1.29, 1.82) is 0 Å². The van der Waals surface area contributed by atoms with E-state index in [0.29, 0.717) is 12.4 Å². The van der Waals surface area contributed by atoms with Gasteiger partial charge in [0.25, 0.3) is 0 Å². The highest BCUT2D eigenvalue weighted by atomic mass is 16.5. The Labute approximate surface area is 148 Å². The molecule has 1 fully saturated rings. The van der Waals surface area contributed by atoms with Crippen LogP contribution in [-0.2, 0) is 4.79 Å². The van der Waals surface area contributed by atoms with E-state index < -0.39 is 0 Å². The fourth-order valence-electron chi connectivity index (χ4n) is 3.45. The van der Waals surface area contributed by atoms with E-state index in [2.05, 4.69) is 22.0 Å². The minimum Gasteiger partial charge on any atom is -0.340 e. The van der Waals surface area contributed by atoms with Crippen molar-refractivity contribution in [3.8, 4) is 0 Å². The second kappa shape index (κ2) is 7.78. The fraction of sp³-hybridized carbons (Fsp3) is 0.526. The first-order chi connectivity index (χ1) is 12.1. The Morgan fingerprint density at radius 3 is 2.80 bits per heavy atom. The maximum atomic E-state index is 13.3. The maximum Gasteiger partial charge on any atom is 0.244 e. The third-order valence-corrected chi connectivity index (χ3v) is 4.93. The van der Waals surface area contributed by atoms with E-state index in [1.54, 1.807) is 6.92 Å². The van der Waals surface area contributed by atoms with E-state index in [1.165, 1.54) is 0 Å². The number of rotatable bonds is 5. The lowest BCUT2D eigenvalue weighted by Crippen LogP contribution is -2.45. The Hall–Kier alpha value is -2.21. The van der Waals surface area contributed by atoms with Gasteiger partial charge in [0.2, 0.25) is 11.8 Å².